The van der Waals surface area contributed by atoms with Crippen LogP contribution in [0.15, 0.2) is 58.3 Å². The van der Waals surface area contributed by atoms with Crippen molar-refractivity contribution in [1.82, 2.24) is 9.78 Å². The molecule has 0 bridgehead atoms. The summed E-state index contributed by atoms with van der Waals surface area (Å²) in [5.74, 6) is -0.909. The third kappa shape index (κ3) is 4.98. The monoisotopic (exact) mass is 436 g/mol. The zero-order chi connectivity index (χ0) is 22.1. The highest BCUT2D eigenvalue weighted by Gasteiger charge is 2.35. The molecule has 0 aliphatic rings. The fourth-order valence-corrected chi connectivity index (χ4v) is 3.51. The molecule has 2 aromatic carbocycles. The predicted molar refractivity (Wildman–Crippen MR) is 105 cm³/mol. The molecule has 1 amide bonds. The molecule has 3 rings (SSSR count). The van der Waals surface area contributed by atoms with Gasteiger partial charge in [-0.1, -0.05) is 29.5 Å². The number of halogens is 3. The van der Waals surface area contributed by atoms with Gasteiger partial charge in [0.2, 0.25) is 0 Å². The molecule has 0 spiro atoms. The van der Waals surface area contributed by atoms with Crippen molar-refractivity contribution in [2.45, 2.75) is 22.9 Å². The van der Waals surface area contributed by atoms with Crippen molar-refractivity contribution in [3.05, 3.63) is 75.6 Å². The largest absolute Gasteiger partial charge is 0.433 e. The summed E-state index contributed by atoms with van der Waals surface area (Å²) in [7, 11) is 1.07. The maximum atomic E-state index is 12.9. The van der Waals surface area contributed by atoms with E-state index in [1.54, 1.807) is 0 Å². The summed E-state index contributed by atoms with van der Waals surface area (Å²) < 4.78 is 39.3. The lowest BCUT2D eigenvalue weighted by Gasteiger charge is -2.07. The molecule has 0 unspecified atom stereocenters. The Morgan fingerprint density at radius 1 is 1.13 bits per heavy atom. The van der Waals surface area contributed by atoms with Crippen molar-refractivity contribution in [2.75, 3.05) is 5.32 Å². The van der Waals surface area contributed by atoms with E-state index in [1.807, 2.05) is 31.2 Å². The maximum Gasteiger partial charge on any atom is 0.433 e. The number of nitro groups is 1. The zero-order valence-electron chi connectivity index (χ0n) is 15.7. The van der Waals surface area contributed by atoms with Crippen LogP contribution in [-0.2, 0) is 13.2 Å². The molecule has 0 fully saturated rings. The SMILES string of the molecule is Cc1ccc(Sc2cc(NC(=O)c3cc(C(F)(F)F)n(C)n3)cc([N+](=O)[O-])c2)cc1. The minimum Gasteiger partial charge on any atom is -0.320 e. The molecule has 1 heterocycles. The molecule has 1 N–H and O–H groups in total. The minimum atomic E-state index is -4.66. The Kier molecular flexibility index (Phi) is 5.83. The Morgan fingerprint density at radius 2 is 1.80 bits per heavy atom. The van der Waals surface area contributed by atoms with Crippen LogP contribution < -0.4 is 5.32 Å². The normalized spacial score (nSPS) is 11.4. The number of aryl methyl sites for hydroxylation is 2. The zero-order valence-corrected chi connectivity index (χ0v) is 16.5. The van der Waals surface area contributed by atoms with Crippen molar-refractivity contribution in [1.29, 1.82) is 0 Å². The highest BCUT2D eigenvalue weighted by atomic mass is 32.2. The molecule has 11 heteroatoms. The van der Waals surface area contributed by atoms with Crippen molar-refractivity contribution >= 4 is 29.0 Å². The third-order valence-corrected chi connectivity index (χ3v) is 5.00. The van der Waals surface area contributed by atoms with Gasteiger partial charge in [0, 0.05) is 40.7 Å². The fraction of sp³-hybridized carbons (Fsp3) is 0.158. The number of alkyl halides is 3. The molecule has 0 saturated carbocycles. The van der Waals surface area contributed by atoms with E-state index in [4.69, 9.17) is 0 Å². The number of aromatic nitrogens is 2. The standard InChI is InChI=1S/C19H15F3N4O3S/c1-11-3-5-14(6-4-11)30-15-8-12(7-13(9-15)26(28)29)23-18(27)16-10-17(19(20,21)22)25(2)24-16/h3-10H,1-2H3,(H,23,27). The summed E-state index contributed by atoms with van der Waals surface area (Å²) in [4.78, 5) is 24.3. The number of nitro benzene ring substituents is 1. The van der Waals surface area contributed by atoms with E-state index in [-0.39, 0.29) is 11.4 Å². The minimum absolute atomic E-state index is 0.0722. The summed E-state index contributed by atoms with van der Waals surface area (Å²) in [6.07, 6.45) is -4.66. The van der Waals surface area contributed by atoms with Gasteiger partial charge in [-0.3, -0.25) is 19.6 Å². The number of hydrogen-bond acceptors (Lipinski definition) is 5. The number of nitrogens with zero attached hydrogens (tertiary/aromatic N) is 3. The Labute approximate surface area is 173 Å². The molecule has 7 nitrogen and oxygen atoms in total. The maximum absolute atomic E-state index is 12.9. The second kappa shape index (κ2) is 8.19. The number of carbonyl (C=O) groups is 1. The van der Waals surface area contributed by atoms with Gasteiger partial charge in [0.25, 0.3) is 11.6 Å². The van der Waals surface area contributed by atoms with Crippen LogP contribution in [0.2, 0.25) is 0 Å². The van der Waals surface area contributed by atoms with E-state index in [2.05, 4.69) is 10.4 Å². The van der Waals surface area contributed by atoms with Gasteiger partial charge in [0.15, 0.2) is 5.69 Å². The van der Waals surface area contributed by atoms with Crippen molar-refractivity contribution < 1.29 is 22.9 Å². The molecule has 3 aromatic rings. The Hall–Kier alpha value is -3.34. The van der Waals surface area contributed by atoms with Gasteiger partial charge in [0.05, 0.1) is 4.92 Å². The van der Waals surface area contributed by atoms with E-state index < -0.39 is 28.4 Å². The summed E-state index contributed by atoms with van der Waals surface area (Å²) in [6.45, 7) is 1.93. The topological polar surface area (TPSA) is 90.1 Å². The van der Waals surface area contributed by atoms with Gasteiger partial charge in [-0.05, 0) is 25.1 Å². The van der Waals surface area contributed by atoms with Crippen molar-refractivity contribution in [2.24, 2.45) is 7.05 Å². The number of anilines is 1. The van der Waals surface area contributed by atoms with Gasteiger partial charge >= 0.3 is 6.18 Å². The average Bonchev–Trinajstić information content (AvgIpc) is 3.06. The van der Waals surface area contributed by atoms with E-state index in [9.17, 15) is 28.1 Å². The molecule has 0 aliphatic carbocycles. The highest BCUT2D eigenvalue weighted by molar-refractivity contribution is 7.99. The van der Waals surface area contributed by atoms with Crippen LogP contribution >= 0.6 is 11.8 Å². The van der Waals surface area contributed by atoms with Crippen LogP contribution in [0.25, 0.3) is 0 Å². The molecular weight excluding hydrogens is 421 g/mol. The fourth-order valence-electron chi connectivity index (χ4n) is 2.60. The number of hydrogen-bond donors (Lipinski definition) is 1. The first-order valence-corrected chi connectivity index (χ1v) is 9.31. The van der Waals surface area contributed by atoms with E-state index in [0.29, 0.717) is 15.6 Å². The second-order valence-corrected chi connectivity index (χ2v) is 7.53. The van der Waals surface area contributed by atoms with E-state index in [1.165, 1.54) is 23.9 Å². The van der Waals surface area contributed by atoms with E-state index in [0.717, 1.165) is 23.6 Å². The molecular formula is C19H15F3N4O3S. The van der Waals surface area contributed by atoms with Crippen LogP contribution in [0, 0.1) is 17.0 Å². The molecule has 30 heavy (non-hydrogen) atoms. The summed E-state index contributed by atoms with van der Waals surface area (Å²) in [5.41, 5.74) is -0.672. The molecule has 0 saturated heterocycles. The second-order valence-electron chi connectivity index (χ2n) is 6.38. The van der Waals surface area contributed by atoms with E-state index >= 15 is 0 Å². The number of nitrogens with one attached hydrogen (secondary N) is 1. The van der Waals surface area contributed by atoms with Gasteiger partial charge < -0.3 is 5.32 Å². The smallest absolute Gasteiger partial charge is 0.320 e. The first-order valence-electron chi connectivity index (χ1n) is 8.49. The van der Waals surface area contributed by atoms with Crippen LogP contribution in [0.3, 0.4) is 0 Å². The van der Waals surface area contributed by atoms with Gasteiger partial charge in [-0.15, -0.1) is 0 Å². The van der Waals surface area contributed by atoms with Crippen LogP contribution in [0.5, 0.6) is 0 Å². The Balaban J connectivity index is 1.88. The van der Waals surface area contributed by atoms with Gasteiger partial charge in [0.1, 0.15) is 5.69 Å². The number of benzene rings is 2. The lowest BCUT2D eigenvalue weighted by Crippen LogP contribution is -2.13. The predicted octanol–water partition coefficient (Wildman–Crippen LogP) is 5.06. The van der Waals surface area contributed by atoms with Crippen LogP contribution in [-0.4, -0.2) is 20.6 Å². The molecule has 0 atom stereocenters. The Bertz CT molecular complexity index is 1110. The van der Waals surface area contributed by atoms with Crippen molar-refractivity contribution in [3.63, 3.8) is 0 Å². The third-order valence-electron chi connectivity index (χ3n) is 4.02. The quantitative estimate of drug-likeness (QED) is 0.446. The molecule has 1 aromatic heterocycles. The lowest BCUT2D eigenvalue weighted by molar-refractivity contribution is -0.385. The van der Waals surface area contributed by atoms with Crippen LogP contribution in [0.4, 0.5) is 24.5 Å². The highest BCUT2D eigenvalue weighted by Crippen LogP contribution is 2.33. The summed E-state index contributed by atoms with van der Waals surface area (Å²) in [5, 5.41) is 17.2. The average molecular weight is 436 g/mol. The van der Waals surface area contributed by atoms with Gasteiger partial charge in [-0.2, -0.15) is 18.3 Å². The number of carbonyl (C=O) groups excluding carboxylic acids is 1. The summed E-state index contributed by atoms with van der Waals surface area (Å²) in [6, 6.07) is 12.1. The van der Waals surface area contributed by atoms with Crippen molar-refractivity contribution in [3.8, 4) is 0 Å². The van der Waals surface area contributed by atoms with Crippen LogP contribution in [0.1, 0.15) is 21.7 Å². The first-order chi connectivity index (χ1) is 14.0. The number of rotatable bonds is 5. The molecule has 0 radical (unpaired) electrons. The number of non-ortho nitro benzene ring substituents is 1. The number of amides is 1. The van der Waals surface area contributed by atoms with Gasteiger partial charge in [-0.25, -0.2) is 0 Å². The molecule has 0 aliphatic heterocycles. The lowest BCUT2D eigenvalue weighted by atomic mass is 10.2. The molecule has 156 valence electrons. The Morgan fingerprint density at radius 3 is 2.37 bits per heavy atom. The summed E-state index contributed by atoms with van der Waals surface area (Å²) >= 11 is 1.25. The first kappa shape index (κ1) is 21.4.